The summed E-state index contributed by atoms with van der Waals surface area (Å²) in [6.07, 6.45) is -7.44. The Balaban J connectivity index is 1.50. The molecule has 242 valence electrons. The highest BCUT2D eigenvalue weighted by atomic mass is 19.4. The van der Waals surface area contributed by atoms with Gasteiger partial charge in [-0.25, -0.2) is 4.39 Å². The van der Waals surface area contributed by atoms with Crippen molar-refractivity contribution in [1.82, 2.24) is 10.2 Å². The predicted molar refractivity (Wildman–Crippen MR) is 149 cm³/mol. The molecule has 0 aromatic heterocycles. The van der Waals surface area contributed by atoms with Gasteiger partial charge < -0.3 is 15.3 Å². The number of aliphatic hydroxyl groups is 1. The van der Waals surface area contributed by atoms with Crippen molar-refractivity contribution in [3.05, 3.63) is 70.0 Å². The Bertz CT molecular complexity index is 1330. The third-order valence-electron chi connectivity index (χ3n) is 9.02. The first-order valence-corrected chi connectivity index (χ1v) is 14.7. The van der Waals surface area contributed by atoms with E-state index in [9.17, 15) is 45.4 Å². The molecule has 0 radical (unpaired) electrons. The fourth-order valence-electron chi connectivity index (χ4n) is 6.28. The minimum Gasteiger partial charge on any atom is -0.390 e. The quantitative estimate of drug-likeness (QED) is 0.329. The Kier molecular flexibility index (Phi) is 9.73. The van der Waals surface area contributed by atoms with E-state index in [0.29, 0.717) is 55.4 Å². The highest BCUT2D eigenvalue weighted by Crippen LogP contribution is 2.41. The topological polar surface area (TPSA) is 69.6 Å². The predicted octanol–water partition coefficient (Wildman–Crippen LogP) is 7.31. The molecule has 1 unspecified atom stereocenters. The molecule has 2 aliphatic rings. The van der Waals surface area contributed by atoms with Crippen molar-refractivity contribution >= 4 is 11.8 Å². The highest BCUT2D eigenvalue weighted by Gasteiger charge is 2.41. The molecule has 5 nitrogen and oxygen atoms in total. The van der Waals surface area contributed by atoms with Gasteiger partial charge in [-0.3, -0.25) is 9.59 Å². The van der Waals surface area contributed by atoms with Crippen LogP contribution in [0.3, 0.4) is 0 Å². The van der Waals surface area contributed by atoms with Crippen LogP contribution in [-0.2, 0) is 21.9 Å². The minimum atomic E-state index is -4.98. The van der Waals surface area contributed by atoms with E-state index in [1.807, 2.05) is 0 Å². The van der Waals surface area contributed by atoms with Crippen LogP contribution in [0.4, 0.5) is 30.7 Å². The average molecular weight is 631 g/mol. The van der Waals surface area contributed by atoms with E-state index >= 15 is 0 Å². The molecule has 44 heavy (non-hydrogen) atoms. The molecule has 0 bridgehead atoms. The number of carbonyl (C=O) groups excluding carboxylic acids is 2. The summed E-state index contributed by atoms with van der Waals surface area (Å²) in [7, 11) is 0. The molecule has 1 saturated carbocycles. The smallest absolute Gasteiger partial charge is 0.390 e. The lowest BCUT2D eigenvalue weighted by Crippen LogP contribution is -2.48. The molecule has 2 N–H and O–H groups in total. The maximum atomic E-state index is 13.9. The summed E-state index contributed by atoms with van der Waals surface area (Å²) in [4.78, 5) is 28.7. The standard InChI is InChI=1S/C32H37F7N2O3/c1-18-12-25(33)4-5-26(18)27-15-21(8-11-41(27)29(43)20-6-9-30(3,44)10-7-20)28(42)40-17-19(2)22-13-23(31(34,35)36)16-24(14-22)32(37,38)39/h4-5,12-14,16,19-21,27,44H,6-11,15,17H2,1-3H3,(H,40,42)/t19-,20-,21-,27?,30+/m0/s1. The number of benzene rings is 2. The first-order valence-electron chi connectivity index (χ1n) is 14.7. The van der Waals surface area contributed by atoms with Gasteiger partial charge in [-0.2, -0.15) is 26.3 Å². The Morgan fingerprint density at radius 1 is 0.977 bits per heavy atom. The van der Waals surface area contributed by atoms with E-state index in [0.717, 1.165) is 0 Å². The zero-order valence-corrected chi connectivity index (χ0v) is 24.8. The summed E-state index contributed by atoms with van der Waals surface area (Å²) in [5.41, 5.74) is -2.57. The summed E-state index contributed by atoms with van der Waals surface area (Å²) in [5, 5.41) is 13.0. The van der Waals surface area contributed by atoms with Crippen LogP contribution in [0.15, 0.2) is 36.4 Å². The van der Waals surface area contributed by atoms with E-state index in [4.69, 9.17) is 0 Å². The zero-order valence-electron chi connectivity index (χ0n) is 24.8. The molecule has 3 atom stereocenters. The highest BCUT2D eigenvalue weighted by molar-refractivity contribution is 5.82. The lowest BCUT2D eigenvalue weighted by Gasteiger charge is -2.43. The van der Waals surface area contributed by atoms with Gasteiger partial charge in [0.1, 0.15) is 5.82 Å². The second kappa shape index (κ2) is 12.7. The molecule has 12 heteroatoms. The largest absolute Gasteiger partial charge is 0.416 e. The minimum absolute atomic E-state index is 0.0667. The van der Waals surface area contributed by atoms with Gasteiger partial charge in [0.15, 0.2) is 0 Å². The first-order chi connectivity index (χ1) is 20.4. The number of likely N-dealkylation sites (tertiary alicyclic amines) is 1. The molecule has 2 amide bonds. The SMILES string of the molecule is Cc1cc(F)ccc1C1C[C@@H](C(=O)NC[C@H](C)c2cc(C(F)(F)F)cc(C(F)(F)F)c2)CCN1C(=O)[C@H]1CC[C@@](C)(O)CC1. The third kappa shape index (κ3) is 7.92. The van der Waals surface area contributed by atoms with Gasteiger partial charge in [0.2, 0.25) is 11.8 Å². The van der Waals surface area contributed by atoms with Crippen molar-refractivity contribution in [2.75, 3.05) is 13.1 Å². The third-order valence-corrected chi connectivity index (χ3v) is 9.02. The zero-order chi connectivity index (χ0) is 32.6. The summed E-state index contributed by atoms with van der Waals surface area (Å²) in [5.74, 6) is -2.71. The number of nitrogens with zero attached hydrogens (tertiary/aromatic N) is 1. The van der Waals surface area contributed by atoms with Crippen molar-refractivity contribution in [3.8, 4) is 0 Å². The molecular formula is C32H37F7N2O3. The van der Waals surface area contributed by atoms with E-state index in [2.05, 4.69) is 5.32 Å². The van der Waals surface area contributed by atoms with E-state index in [-0.39, 0.29) is 43.0 Å². The van der Waals surface area contributed by atoms with Crippen molar-refractivity contribution in [1.29, 1.82) is 0 Å². The number of hydrogen-bond donors (Lipinski definition) is 2. The van der Waals surface area contributed by atoms with Gasteiger partial charge in [-0.1, -0.05) is 13.0 Å². The van der Waals surface area contributed by atoms with Gasteiger partial charge in [0, 0.05) is 24.9 Å². The Hall–Kier alpha value is -3.15. The van der Waals surface area contributed by atoms with Crippen LogP contribution in [0.1, 0.15) is 92.1 Å². The number of aryl methyl sites for hydroxylation is 1. The second-order valence-corrected chi connectivity index (χ2v) is 12.5. The maximum Gasteiger partial charge on any atom is 0.416 e. The van der Waals surface area contributed by atoms with Crippen LogP contribution in [0.25, 0.3) is 0 Å². The van der Waals surface area contributed by atoms with Crippen LogP contribution in [-0.4, -0.2) is 40.5 Å². The second-order valence-electron chi connectivity index (χ2n) is 12.5. The number of nitrogens with one attached hydrogen (secondary N) is 1. The van der Waals surface area contributed by atoms with Gasteiger partial charge in [-0.05, 0) is 105 Å². The lowest BCUT2D eigenvalue weighted by molar-refractivity contribution is -0.145. The van der Waals surface area contributed by atoms with Crippen LogP contribution in [0.5, 0.6) is 0 Å². The number of piperidine rings is 1. The van der Waals surface area contributed by atoms with Crippen molar-refractivity contribution in [3.63, 3.8) is 0 Å². The first kappa shape index (κ1) is 33.7. The number of halogens is 7. The number of rotatable bonds is 6. The normalized spacial score (nSPS) is 25.4. The number of carbonyl (C=O) groups is 2. The molecule has 1 saturated heterocycles. The number of alkyl halides is 6. The molecule has 1 heterocycles. The van der Waals surface area contributed by atoms with Gasteiger partial charge in [0.05, 0.1) is 22.8 Å². The molecule has 1 aliphatic heterocycles. The fourth-order valence-corrected chi connectivity index (χ4v) is 6.28. The van der Waals surface area contributed by atoms with Gasteiger partial charge >= 0.3 is 12.4 Å². The van der Waals surface area contributed by atoms with Crippen LogP contribution < -0.4 is 5.32 Å². The van der Waals surface area contributed by atoms with Crippen molar-refractivity contribution in [2.24, 2.45) is 11.8 Å². The molecular weight excluding hydrogens is 593 g/mol. The molecule has 2 aromatic carbocycles. The van der Waals surface area contributed by atoms with Crippen molar-refractivity contribution in [2.45, 2.75) is 89.2 Å². The van der Waals surface area contributed by atoms with Crippen molar-refractivity contribution < 1.29 is 45.4 Å². The molecule has 1 aliphatic carbocycles. The number of amides is 2. The summed E-state index contributed by atoms with van der Waals surface area (Å²) in [6, 6.07) is 5.09. The summed E-state index contributed by atoms with van der Waals surface area (Å²) >= 11 is 0. The lowest BCUT2D eigenvalue weighted by atomic mass is 9.78. The molecule has 2 fully saturated rings. The Labute approximate surface area is 251 Å². The van der Waals surface area contributed by atoms with E-state index in [1.165, 1.54) is 19.1 Å². The van der Waals surface area contributed by atoms with E-state index in [1.54, 1.807) is 24.8 Å². The van der Waals surface area contributed by atoms with Gasteiger partial charge in [0.25, 0.3) is 0 Å². The van der Waals surface area contributed by atoms with Crippen LogP contribution in [0, 0.1) is 24.6 Å². The number of hydrogen-bond acceptors (Lipinski definition) is 3. The maximum absolute atomic E-state index is 13.9. The van der Waals surface area contributed by atoms with Crippen LogP contribution in [0.2, 0.25) is 0 Å². The van der Waals surface area contributed by atoms with Gasteiger partial charge in [-0.15, -0.1) is 0 Å². The molecule has 0 spiro atoms. The Morgan fingerprint density at radius 3 is 2.11 bits per heavy atom. The van der Waals surface area contributed by atoms with E-state index < -0.39 is 58.7 Å². The molecule has 4 rings (SSSR count). The Morgan fingerprint density at radius 2 is 1.57 bits per heavy atom. The molecule has 2 aromatic rings. The fraction of sp³-hybridized carbons (Fsp3) is 0.562. The summed E-state index contributed by atoms with van der Waals surface area (Å²) < 4.78 is 93.9. The van der Waals surface area contributed by atoms with Crippen LogP contribution >= 0.6 is 0 Å². The monoisotopic (exact) mass is 630 g/mol. The summed E-state index contributed by atoms with van der Waals surface area (Å²) in [6.45, 7) is 4.94. The average Bonchev–Trinajstić information content (AvgIpc) is 2.94.